The lowest BCUT2D eigenvalue weighted by molar-refractivity contribution is 0.0696. The number of carboxylic acid groups (broad SMARTS) is 1. The third kappa shape index (κ3) is 3.74. The summed E-state index contributed by atoms with van der Waals surface area (Å²) in [5, 5.41) is 11.7. The molecule has 0 bridgehead atoms. The highest BCUT2D eigenvalue weighted by Crippen LogP contribution is 2.45. The Labute approximate surface area is 163 Å². The van der Waals surface area contributed by atoms with Gasteiger partial charge in [-0.2, -0.15) is 0 Å². The largest absolute Gasteiger partial charge is 0.489 e. The highest BCUT2D eigenvalue weighted by atomic mass is 32.1. The number of hydrazine groups is 1. The topological polar surface area (TPSA) is 75.8 Å². The molecule has 1 aromatic heterocycles. The van der Waals surface area contributed by atoms with E-state index in [0.29, 0.717) is 5.56 Å². The molecule has 2 heterocycles. The normalized spacial score (nSPS) is 21.8. The van der Waals surface area contributed by atoms with Gasteiger partial charge in [0.2, 0.25) is 0 Å². The molecule has 0 spiro atoms. The zero-order chi connectivity index (χ0) is 19.2. The molecule has 0 amide bonds. The van der Waals surface area contributed by atoms with Crippen molar-refractivity contribution >= 4 is 17.3 Å². The number of carbonyl (C=O) groups is 1. The molecule has 1 aliphatic heterocycles. The third-order valence-electron chi connectivity index (χ3n) is 5.58. The van der Waals surface area contributed by atoms with E-state index in [1.807, 2.05) is 24.3 Å². The van der Waals surface area contributed by atoms with Crippen LogP contribution in [0.1, 0.15) is 47.5 Å². The fourth-order valence-corrected chi connectivity index (χ4v) is 5.39. The van der Waals surface area contributed by atoms with Crippen LogP contribution in [0.25, 0.3) is 10.4 Å². The number of benzene rings is 1. The number of rotatable bonds is 4. The molecule has 2 aliphatic rings. The number of thiophene rings is 1. The number of ether oxygens (including phenoxy) is 1. The summed E-state index contributed by atoms with van der Waals surface area (Å²) in [6.07, 6.45) is 3.94. The molecule has 1 atom stereocenters. The summed E-state index contributed by atoms with van der Waals surface area (Å²) in [5.41, 5.74) is 2.63. The molecule has 0 saturated carbocycles. The van der Waals surface area contributed by atoms with E-state index in [2.05, 4.69) is 13.8 Å². The third-order valence-corrected chi connectivity index (χ3v) is 6.93. The van der Waals surface area contributed by atoms with Crippen molar-refractivity contribution in [2.45, 2.75) is 45.6 Å². The molecule has 3 N–H and O–H groups in total. The van der Waals surface area contributed by atoms with Crippen LogP contribution in [0, 0.1) is 5.41 Å². The Bertz CT molecular complexity index is 857. The van der Waals surface area contributed by atoms with Gasteiger partial charge in [-0.05, 0) is 66.5 Å². The first-order valence-corrected chi connectivity index (χ1v) is 10.3. The second-order valence-corrected chi connectivity index (χ2v) is 9.51. The van der Waals surface area contributed by atoms with Crippen molar-refractivity contribution in [1.82, 2.24) is 5.01 Å². The molecule has 1 fully saturated rings. The summed E-state index contributed by atoms with van der Waals surface area (Å²) in [5.74, 6) is 5.77. The lowest BCUT2D eigenvalue weighted by Crippen LogP contribution is -2.30. The molecule has 1 saturated heterocycles. The number of carboxylic acids is 1. The van der Waals surface area contributed by atoms with Crippen molar-refractivity contribution < 1.29 is 14.6 Å². The minimum absolute atomic E-state index is 0.117. The van der Waals surface area contributed by atoms with Gasteiger partial charge >= 0.3 is 5.97 Å². The number of hydrogen-bond acceptors (Lipinski definition) is 5. The van der Waals surface area contributed by atoms with Crippen LogP contribution in [0.3, 0.4) is 0 Å². The predicted molar refractivity (Wildman–Crippen MR) is 107 cm³/mol. The molecular formula is C21H26N2O3S. The van der Waals surface area contributed by atoms with E-state index in [-0.39, 0.29) is 11.5 Å². The van der Waals surface area contributed by atoms with Gasteiger partial charge in [-0.15, -0.1) is 11.3 Å². The lowest BCUT2D eigenvalue weighted by atomic mass is 9.76. The van der Waals surface area contributed by atoms with Crippen LogP contribution < -0.4 is 10.6 Å². The highest BCUT2D eigenvalue weighted by molar-refractivity contribution is 7.16. The van der Waals surface area contributed by atoms with Gasteiger partial charge in [0.25, 0.3) is 0 Å². The quantitative estimate of drug-likeness (QED) is 0.778. The number of aryl methyl sites for hydroxylation is 1. The van der Waals surface area contributed by atoms with Crippen LogP contribution in [0.15, 0.2) is 24.3 Å². The maximum Gasteiger partial charge on any atom is 0.337 e. The standard InChI is InChI=1S/C21H26N2O3S/c1-21(2)9-7-17-16(11-21)18(20(24)25)19(27-17)13-3-5-14(6-4-13)26-15-8-10-23(22)12-15/h3-6,15H,7-12,22H2,1-2H3,(H,24,25)/t15-/m0/s1. The summed E-state index contributed by atoms with van der Waals surface area (Å²) in [7, 11) is 0. The minimum Gasteiger partial charge on any atom is -0.489 e. The van der Waals surface area contributed by atoms with Crippen molar-refractivity contribution in [1.29, 1.82) is 0 Å². The van der Waals surface area contributed by atoms with Crippen LogP contribution in [0.5, 0.6) is 5.75 Å². The van der Waals surface area contributed by atoms with Crippen molar-refractivity contribution in [3.63, 3.8) is 0 Å². The van der Waals surface area contributed by atoms with E-state index >= 15 is 0 Å². The SMILES string of the molecule is CC1(C)CCc2sc(-c3ccc(O[C@H]4CCN(N)C4)cc3)c(C(=O)O)c2C1. The van der Waals surface area contributed by atoms with Crippen LogP contribution >= 0.6 is 11.3 Å². The molecule has 27 heavy (non-hydrogen) atoms. The van der Waals surface area contributed by atoms with Crippen LogP contribution in [0.4, 0.5) is 0 Å². The van der Waals surface area contributed by atoms with E-state index in [1.54, 1.807) is 16.3 Å². The Balaban J connectivity index is 1.62. The second-order valence-electron chi connectivity index (χ2n) is 8.40. The molecule has 5 nitrogen and oxygen atoms in total. The lowest BCUT2D eigenvalue weighted by Gasteiger charge is -2.29. The maximum atomic E-state index is 12.0. The van der Waals surface area contributed by atoms with Crippen molar-refractivity contribution in [3.8, 4) is 16.2 Å². The predicted octanol–water partition coefficient (Wildman–Crippen LogP) is 3.96. The molecule has 0 unspecified atom stereocenters. The average molecular weight is 387 g/mol. The average Bonchev–Trinajstić information content (AvgIpc) is 3.17. The van der Waals surface area contributed by atoms with Crippen LogP contribution in [0.2, 0.25) is 0 Å². The Morgan fingerprint density at radius 3 is 2.70 bits per heavy atom. The summed E-state index contributed by atoms with van der Waals surface area (Å²) in [4.78, 5) is 14.1. The first kappa shape index (κ1) is 18.5. The zero-order valence-corrected chi connectivity index (χ0v) is 16.6. The first-order valence-electron chi connectivity index (χ1n) is 9.47. The molecule has 1 aliphatic carbocycles. The van der Waals surface area contributed by atoms with Crippen molar-refractivity contribution in [2.75, 3.05) is 13.1 Å². The number of hydrogen-bond donors (Lipinski definition) is 2. The summed E-state index contributed by atoms with van der Waals surface area (Å²) in [6.45, 7) is 6.02. The molecule has 1 aromatic carbocycles. The Hall–Kier alpha value is -1.89. The maximum absolute atomic E-state index is 12.0. The number of aromatic carboxylic acids is 1. The summed E-state index contributed by atoms with van der Waals surface area (Å²) >= 11 is 1.64. The van der Waals surface area contributed by atoms with Gasteiger partial charge in [-0.3, -0.25) is 5.84 Å². The van der Waals surface area contributed by atoms with Gasteiger partial charge in [-0.25, -0.2) is 9.80 Å². The molecular weight excluding hydrogens is 360 g/mol. The smallest absolute Gasteiger partial charge is 0.337 e. The Morgan fingerprint density at radius 2 is 2.07 bits per heavy atom. The molecule has 4 rings (SSSR count). The number of nitrogens with two attached hydrogens (primary N) is 1. The summed E-state index contributed by atoms with van der Waals surface area (Å²) in [6, 6.07) is 7.81. The van der Waals surface area contributed by atoms with Crippen molar-refractivity contribution in [3.05, 3.63) is 40.3 Å². The fourth-order valence-electron chi connectivity index (χ4n) is 4.08. The minimum atomic E-state index is -0.825. The number of fused-ring (bicyclic) bond motifs is 1. The molecule has 6 heteroatoms. The monoisotopic (exact) mass is 386 g/mol. The summed E-state index contributed by atoms with van der Waals surface area (Å²) < 4.78 is 5.99. The van der Waals surface area contributed by atoms with Gasteiger partial charge in [0.1, 0.15) is 11.9 Å². The van der Waals surface area contributed by atoms with Gasteiger partial charge in [0, 0.05) is 22.8 Å². The van der Waals surface area contributed by atoms with E-state index in [9.17, 15) is 9.90 Å². The van der Waals surface area contributed by atoms with E-state index in [0.717, 1.165) is 60.5 Å². The Kier molecular flexibility index (Phi) is 4.74. The van der Waals surface area contributed by atoms with Crippen LogP contribution in [-0.4, -0.2) is 35.3 Å². The number of nitrogens with zero attached hydrogens (tertiary/aromatic N) is 1. The Morgan fingerprint density at radius 1 is 1.33 bits per heavy atom. The molecule has 2 aromatic rings. The first-order chi connectivity index (χ1) is 12.8. The van der Waals surface area contributed by atoms with E-state index < -0.39 is 5.97 Å². The molecule has 0 radical (unpaired) electrons. The van der Waals surface area contributed by atoms with Crippen LogP contribution in [-0.2, 0) is 12.8 Å². The fraction of sp³-hybridized carbons (Fsp3) is 0.476. The van der Waals surface area contributed by atoms with Gasteiger partial charge in [-0.1, -0.05) is 13.8 Å². The van der Waals surface area contributed by atoms with E-state index in [1.165, 1.54) is 4.88 Å². The van der Waals surface area contributed by atoms with Crippen molar-refractivity contribution in [2.24, 2.45) is 11.3 Å². The zero-order valence-electron chi connectivity index (χ0n) is 15.8. The van der Waals surface area contributed by atoms with Gasteiger partial charge in [0.05, 0.1) is 5.56 Å². The van der Waals surface area contributed by atoms with E-state index in [4.69, 9.17) is 10.6 Å². The molecule has 144 valence electrons. The van der Waals surface area contributed by atoms with Gasteiger partial charge < -0.3 is 9.84 Å². The second kappa shape index (κ2) is 6.93. The highest BCUT2D eigenvalue weighted by Gasteiger charge is 2.33. The van der Waals surface area contributed by atoms with Gasteiger partial charge in [0.15, 0.2) is 0 Å².